The fourth-order valence-electron chi connectivity index (χ4n) is 0.892. The summed E-state index contributed by atoms with van der Waals surface area (Å²) in [4.78, 5) is 0. The van der Waals surface area contributed by atoms with E-state index < -0.39 is 8.32 Å². The minimum Gasteiger partial charge on any atom is -0.322 e. The molecule has 0 radical (unpaired) electrons. The van der Waals surface area contributed by atoms with Gasteiger partial charge in [0.25, 0.3) is 0 Å². The third-order valence-electron chi connectivity index (χ3n) is 3.05. The Morgan fingerprint density at radius 2 is 1.88 bits per heavy atom. The van der Waals surface area contributed by atoms with Gasteiger partial charge in [-0.2, -0.15) is 0 Å². The zero-order valence-corrected chi connectivity index (χ0v) is 12.4. The van der Waals surface area contributed by atoms with Gasteiger partial charge in [0.05, 0.1) is 5.69 Å². The molecule has 1 N–H and O–H groups in total. The summed E-state index contributed by atoms with van der Waals surface area (Å²) in [6.45, 7) is 11.0. The molecule has 1 aromatic rings. The molecule has 1 aromatic carbocycles. The summed E-state index contributed by atoms with van der Waals surface area (Å²) in [6, 6.07) is 7.55. The van der Waals surface area contributed by atoms with Crippen molar-refractivity contribution in [3.05, 3.63) is 29.3 Å². The van der Waals surface area contributed by atoms with Crippen molar-refractivity contribution in [3.8, 4) is 0 Å². The number of benzene rings is 1. The van der Waals surface area contributed by atoms with Crippen LogP contribution in [-0.4, -0.2) is 8.32 Å². The highest BCUT2D eigenvalue weighted by atomic mass is 35.5. The first-order chi connectivity index (χ1) is 7.22. The van der Waals surface area contributed by atoms with E-state index in [2.05, 4.69) is 39.3 Å². The first-order valence-corrected chi connectivity index (χ1v) is 8.70. The van der Waals surface area contributed by atoms with Crippen molar-refractivity contribution >= 4 is 25.6 Å². The summed E-state index contributed by atoms with van der Waals surface area (Å²) in [6.07, 6.45) is 0. The van der Waals surface area contributed by atoms with E-state index in [1.54, 1.807) is 0 Å². The zero-order chi connectivity index (χ0) is 12.4. The van der Waals surface area contributed by atoms with E-state index in [4.69, 9.17) is 16.1 Å². The van der Waals surface area contributed by atoms with Gasteiger partial charge in [0.15, 0.2) is 0 Å². The average molecular weight is 258 g/mol. The molecule has 0 unspecified atom stereocenters. The van der Waals surface area contributed by atoms with E-state index in [0.29, 0.717) is 5.02 Å². The molecule has 0 fully saturated rings. The largest absolute Gasteiger partial charge is 0.322 e. The Balaban J connectivity index is 2.65. The fraction of sp³-hybridized carbons (Fsp3) is 0.500. The molecule has 0 saturated heterocycles. The van der Waals surface area contributed by atoms with Gasteiger partial charge in [0.1, 0.15) is 0 Å². The van der Waals surface area contributed by atoms with Crippen LogP contribution in [0, 0.1) is 0 Å². The minimum atomic E-state index is -1.76. The third-order valence-corrected chi connectivity index (χ3v) is 7.51. The molecule has 0 heterocycles. The summed E-state index contributed by atoms with van der Waals surface area (Å²) in [7, 11) is -1.76. The van der Waals surface area contributed by atoms with Gasteiger partial charge in [-0.05, 0) is 36.3 Å². The van der Waals surface area contributed by atoms with Crippen LogP contribution >= 0.6 is 11.6 Å². The lowest BCUT2D eigenvalue weighted by Gasteiger charge is -2.35. The minimum absolute atomic E-state index is 0.193. The highest BCUT2D eigenvalue weighted by Crippen LogP contribution is 2.36. The van der Waals surface area contributed by atoms with Crippen LogP contribution in [-0.2, 0) is 4.53 Å². The topological polar surface area (TPSA) is 21.3 Å². The molecule has 0 aromatic heterocycles. The SMILES string of the molecule is CC(C)(C)[Si](C)(C)ONc1cccc(Cl)c1. The first kappa shape index (κ1) is 13.6. The second-order valence-electron chi connectivity index (χ2n) is 5.47. The number of anilines is 1. The number of nitrogens with one attached hydrogen (secondary N) is 1. The maximum atomic E-state index is 5.90. The van der Waals surface area contributed by atoms with Crippen LogP contribution in [0.1, 0.15) is 20.8 Å². The molecular formula is C12H20ClNOSi. The summed E-state index contributed by atoms with van der Waals surface area (Å²) in [5.41, 5.74) is 3.91. The fourth-order valence-corrected chi connectivity index (χ4v) is 1.76. The Kier molecular flexibility index (Phi) is 4.05. The van der Waals surface area contributed by atoms with Crippen molar-refractivity contribution in [1.82, 2.24) is 0 Å². The average Bonchev–Trinajstić information content (AvgIpc) is 2.13. The van der Waals surface area contributed by atoms with Crippen molar-refractivity contribution in [2.24, 2.45) is 0 Å². The Morgan fingerprint density at radius 1 is 1.25 bits per heavy atom. The molecule has 0 spiro atoms. The van der Waals surface area contributed by atoms with E-state index in [-0.39, 0.29) is 5.04 Å². The van der Waals surface area contributed by atoms with E-state index in [9.17, 15) is 0 Å². The lowest BCUT2D eigenvalue weighted by Crippen LogP contribution is -2.42. The summed E-state index contributed by atoms with van der Waals surface area (Å²) >= 11 is 5.90. The zero-order valence-electron chi connectivity index (χ0n) is 10.6. The monoisotopic (exact) mass is 257 g/mol. The highest BCUT2D eigenvalue weighted by molar-refractivity contribution is 6.74. The summed E-state index contributed by atoms with van der Waals surface area (Å²) in [5.74, 6) is 0. The van der Waals surface area contributed by atoms with Gasteiger partial charge in [0.2, 0.25) is 8.32 Å². The molecule has 0 aliphatic rings. The third kappa shape index (κ3) is 3.51. The predicted molar refractivity (Wildman–Crippen MR) is 73.4 cm³/mol. The van der Waals surface area contributed by atoms with Crippen molar-refractivity contribution in [2.45, 2.75) is 38.9 Å². The predicted octanol–water partition coefficient (Wildman–Crippen LogP) is 4.69. The number of halogens is 1. The highest BCUT2D eigenvalue weighted by Gasteiger charge is 2.38. The molecule has 16 heavy (non-hydrogen) atoms. The number of rotatable bonds is 3. The van der Waals surface area contributed by atoms with Gasteiger partial charge in [0, 0.05) is 5.02 Å². The van der Waals surface area contributed by atoms with Gasteiger partial charge in [-0.3, -0.25) is 5.48 Å². The summed E-state index contributed by atoms with van der Waals surface area (Å²) < 4.78 is 5.87. The van der Waals surface area contributed by atoms with E-state index in [1.807, 2.05) is 24.3 Å². The van der Waals surface area contributed by atoms with Crippen LogP contribution < -0.4 is 5.48 Å². The van der Waals surface area contributed by atoms with Gasteiger partial charge in [-0.15, -0.1) is 0 Å². The summed E-state index contributed by atoms with van der Waals surface area (Å²) in [5, 5.41) is 0.905. The number of hydrogen-bond acceptors (Lipinski definition) is 2. The van der Waals surface area contributed by atoms with Crippen molar-refractivity contribution in [2.75, 3.05) is 5.48 Å². The van der Waals surface area contributed by atoms with Crippen LogP contribution in [0.2, 0.25) is 23.2 Å². The second-order valence-corrected chi connectivity index (χ2v) is 10.6. The van der Waals surface area contributed by atoms with E-state index in [0.717, 1.165) is 5.69 Å². The standard InChI is InChI=1S/C12H20ClNOSi/c1-12(2,3)16(4,5)15-14-11-8-6-7-10(13)9-11/h6-9,14H,1-5H3. The Morgan fingerprint density at radius 3 is 2.38 bits per heavy atom. The van der Waals surface area contributed by atoms with Crippen LogP contribution in [0.4, 0.5) is 5.69 Å². The quantitative estimate of drug-likeness (QED) is 0.627. The molecule has 1 rings (SSSR count). The molecule has 0 saturated carbocycles. The van der Waals surface area contributed by atoms with E-state index in [1.165, 1.54) is 0 Å². The first-order valence-electron chi connectivity index (χ1n) is 5.42. The Bertz CT molecular complexity index is 360. The normalized spacial score (nSPS) is 12.6. The molecule has 0 aliphatic carbocycles. The van der Waals surface area contributed by atoms with Crippen LogP contribution in [0.5, 0.6) is 0 Å². The lowest BCUT2D eigenvalue weighted by molar-refractivity contribution is 0.365. The molecule has 0 atom stereocenters. The Labute approximate surface area is 104 Å². The molecule has 0 amide bonds. The smallest absolute Gasteiger partial charge is 0.228 e. The van der Waals surface area contributed by atoms with Crippen LogP contribution in [0.25, 0.3) is 0 Å². The Hall–Kier alpha value is -0.513. The maximum absolute atomic E-state index is 5.90. The van der Waals surface area contributed by atoms with Gasteiger partial charge < -0.3 is 4.53 Å². The van der Waals surface area contributed by atoms with Gasteiger partial charge >= 0.3 is 0 Å². The van der Waals surface area contributed by atoms with Crippen molar-refractivity contribution in [1.29, 1.82) is 0 Å². The van der Waals surface area contributed by atoms with Crippen LogP contribution in [0.15, 0.2) is 24.3 Å². The van der Waals surface area contributed by atoms with Crippen molar-refractivity contribution < 1.29 is 4.53 Å². The van der Waals surface area contributed by atoms with Gasteiger partial charge in [-0.1, -0.05) is 38.4 Å². The molecule has 2 nitrogen and oxygen atoms in total. The van der Waals surface area contributed by atoms with Gasteiger partial charge in [-0.25, -0.2) is 0 Å². The molecule has 0 bridgehead atoms. The lowest BCUT2D eigenvalue weighted by atomic mass is 10.2. The maximum Gasteiger partial charge on any atom is 0.228 e. The van der Waals surface area contributed by atoms with Crippen molar-refractivity contribution in [3.63, 3.8) is 0 Å². The molecule has 4 heteroatoms. The second kappa shape index (κ2) is 4.78. The molecule has 0 aliphatic heterocycles. The van der Waals surface area contributed by atoms with Crippen LogP contribution in [0.3, 0.4) is 0 Å². The molecule has 90 valence electrons. The number of hydrogen-bond donors (Lipinski definition) is 1. The molecular weight excluding hydrogens is 238 g/mol. The van der Waals surface area contributed by atoms with E-state index >= 15 is 0 Å².